The number of aliphatic imine (C=N–C) groups is 1. The maximum atomic E-state index is 12.9. The molecule has 0 spiro atoms. The SMILES string of the molecule is CN(C)C(=O)c1cc2cnc(Nc3ccc(S(=O)(=O)NCCCCCCN=C=S)cc3)nc2n1C1CCCC1. The van der Waals surface area contributed by atoms with Gasteiger partial charge in [0.1, 0.15) is 11.3 Å². The number of sulfonamides is 1. The summed E-state index contributed by atoms with van der Waals surface area (Å²) in [5, 5.41) is 6.33. The molecule has 1 aliphatic rings. The number of aromatic nitrogens is 3. The summed E-state index contributed by atoms with van der Waals surface area (Å²) in [4.78, 5) is 27.7. The van der Waals surface area contributed by atoms with Crippen LogP contribution < -0.4 is 10.0 Å². The molecule has 0 saturated heterocycles. The Morgan fingerprint density at radius 1 is 1.15 bits per heavy atom. The van der Waals surface area contributed by atoms with E-state index in [4.69, 9.17) is 4.98 Å². The molecule has 39 heavy (non-hydrogen) atoms. The van der Waals surface area contributed by atoms with Gasteiger partial charge in [0.2, 0.25) is 16.0 Å². The van der Waals surface area contributed by atoms with Crippen LogP contribution in [0.15, 0.2) is 46.4 Å². The second-order valence-electron chi connectivity index (χ2n) is 9.94. The molecule has 0 atom stereocenters. The molecule has 1 aromatic carbocycles. The van der Waals surface area contributed by atoms with E-state index in [2.05, 4.69) is 42.0 Å². The number of isothiocyanates is 1. The lowest BCUT2D eigenvalue weighted by Gasteiger charge is -2.19. The summed E-state index contributed by atoms with van der Waals surface area (Å²) in [6.07, 6.45) is 9.56. The van der Waals surface area contributed by atoms with Crippen LogP contribution in [-0.2, 0) is 10.0 Å². The number of rotatable bonds is 13. The van der Waals surface area contributed by atoms with Gasteiger partial charge in [-0.1, -0.05) is 25.7 Å². The molecule has 0 radical (unpaired) electrons. The van der Waals surface area contributed by atoms with E-state index in [0.29, 0.717) is 30.4 Å². The van der Waals surface area contributed by atoms with Gasteiger partial charge in [0.25, 0.3) is 5.91 Å². The lowest BCUT2D eigenvalue weighted by molar-refractivity contribution is 0.0815. The molecule has 10 nitrogen and oxygen atoms in total. The molecule has 2 aromatic heterocycles. The quantitative estimate of drug-likeness (QED) is 0.170. The topological polar surface area (TPSA) is 122 Å². The van der Waals surface area contributed by atoms with Gasteiger partial charge in [0.15, 0.2) is 0 Å². The van der Waals surface area contributed by atoms with Crippen LogP contribution >= 0.6 is 12.2 Å². The summed E-state index contributed by atoms with van der Waals surface area (Å²) in [6.45, 7) is 1.05. The minimum atomic E-state index is -3.60. The van der Waals surface area contributed by atoms with Crippen LogP contribution in [0.4, 0.5) is 11.6 Å². The highest BCUT2D eigenvalue weighted by atomic mass is 32.2. The van der Waals surface area contributed by atoms with Crippen molar-refractivity contribution in [3.05, 3.63) is 42.2 Å². The fourth-order valence-corrected chi connectivity index (χ4v) is 6.01. The molecule has 208 valence electrons. The molecule has 0 unspecified atom stereocenters. The van der Waals surface area contributed by atoms with Gasteiger partial charge >= 0.3 is 0 Å². The monoisotopic (exact) mass is 569 g/mol. The van der Waals surface area contributed by atoms with E-state index >= 15 is 0 Å². The Hall–Kier alpha value is -3.18. The van der Waals surface area contributed by atoms with Crippen molar-refractivity contribution in [2.45, 2.75) is 62.3 Å². The Morgan fingerprint density at radius 3 is 2.56 bits per heavy atom. The van der Waals surface area contributed by atoms with Crippen molar-refractivity contribution in [3.63, 3.8) is 0 Å². The van der Waals surface area contributed by atoms with Gasteiger partial charge in [-0.3, -0.25) is 4.79 Å². The summed E-state index contributed by atoms with van der Waals surface area (Å²) in [5.41, 5.74) is 2.01. The van der Waals surface area contributed by atoms with Crippen LogP contribution in [0.25, 0.3) is 11.0 Å². The van der Waals surface area contributed by atoms with Gasteiger partial charge in [0.05, 0.1) is 10.1 Å². The number of unbranched alkanes of at least 4 members (excludes halogenated alkanes) is 3. The molecule has 4 rings (SSSR count). The molecule has 2 heterocycles. The second kappa shape index (κ2) is 13.3. The first-order valence-corrected chi connectivity index (χ1v) is 15.2. The predicted molar refractivity (Wildman–Crippen MR) is 156 cm³/mol. The Balaban J connectivity index is 1.43. The fourth-order valence-electron chi connectivity index (χ4n) is 4.85. The maximum absolute atomic E-state index is 12.9. The Labute approximate surface area is 235 Å². The third-order valence-corrected chi connectivity index (χ3v) is 8.47. The van der Waals surface area contributed by atoms with Crippen molar-refractivity contribution in [2.24, 2.45) is 4.99 Å². The smallest absolute Gasteiger partial charge is 0.270 e. The Kier molecular flexibility index (Phi) is 9.79. The number of nitrogens with zero attached hydrogens (tertiary/aromatic N) is 5. The zero-order valence-corrected chi connectivity index (χ0v) is 24.0. The number of carbonyl (C=O) groups excluding carboxylic acids is 1. The van der Waals surface area contributed by atoms with E-state index in [1.54, 1.807) is 49.5 Å². The Morgan fingerprint density at radius 2 is 1.87 bits per heavy atom. The van der Waals surface area contributed by atoms with Gasteiger partial charge in [-0.25, -0.2) is 23.1 Å². The number of anilines is 2. The highest BCUT2D eigenvalue weighted by Crippen LogP contribution is 2.35. The molecular weight excluding hydrogens is 534 g/mol. The van der Waals surface area contributed by atoms with E-state index in [1.165, 1.54) is 0 Å². The predicted octanol–water partition coefficient (Wildman–Crippen LogP) is 4.93. The summed E-state index contributed by atoms with van der Waals surface area (Å²) in [7, 11) is -0.101. The number of nitrogens with one attached hydrogen (secondary N) is 2. The van der Waals surface area contributed by atoms with E-state index in [0.717, 1.165) is 62.4 Å². The van der Waals surface area contributed by atoms with Crippen LogP contribution in [0, 0.1) is 0 Å². The van der Waals surface area contributed by atoms with E-state index < -0.39 is 10.0 Å². The molecule has 3 aromatic rings. The molecule has 0 aliphatic heterocycles. The fraction of sp³-hybridized carbons (Fsp3) is 0.481. The highest BCUT2D eigenvalue weighted by molar-refractivity contribution is 7.89. The zero-order chi connectivity index (χ0) is 27.8. The third-order valence-electron chi connectivity index (χ3n) is 6.87. The maximum Gasteiger partial charge on any atom is 0.270 e. The largest absolute Gasteiger partial charge is 0.343 e. The van der Waals surface area contributed by atoms with Gasteiger partial charge < -0.3 is 14.8 Å². The first-order valence-electron chi connectivity index (χ1n) is 13.3. The number of thiocarbonyl (C=S) groups is 1. The number of amides is 1. The van der Waals surface area contributed by atoms with Crippen LogP contribution in [-0.4, -0.2) is 66.1 Å². The second-order valence-corrected chi connectivity index (χ2v) is 11.9. The summed E-state index contributed by atoms with van der Waals surface area (Å²) in [6, 6.07) is 8.59. The molecule has 1 saturated carbocycles. The van der Waals surface area contributed by atoms with E-state index in [-0.39, 0.29) is 16.8 Å². The number of hydrogen-bond donors (Lipinski definition) is 2. The van der Waals surface area contributed by atoms with Crippen LogP contribution in [0.3, 0.4) is 0 Å². The summed E-state index contributed by atoms with van der Waals surface area (Å²) in [5.74, 6) is 0.324. The molecule has 1 aliphatic carbocycles. The Bertz CT molecular complexity index is 1440. The zero-order valence-electron chi connectivity index (χ0n) is 22.4. The van der Waals surface area contributed by atoms with Gasteiger partial charge in [-0.15, -0.1) is 0 Å². The van der Waals surface area contributed by atoms with Crippen molar-refractivity contribution in [3.8, 4) is 0 Å². The minimum Gasteiger partial charge on any atom is -0.343 e. The minimum absolute atomic E-state index is 0.0587. The van der Waals surface area contributed by atoms with Crippen molar-refractivity contribution in [1.82, 2.24) is 24.2 Å². The molecule has 12 heteroatoms. The molecule has 0 bridgehead atoms. The molecule has 1 amide bonds. The lowest BCUT2D eigenvalue weighted by atomic mass is 10.2. The number of fused-ring (bicyclic) bond motifs is 1. The lowest BCUT2D eigenvalue weighted by Crippen LogP contribution is -2.25. The average Bonchev–Trinajstić information content (AvgIpc) is 3.57. The van der Waals surface area contributed by atoms with Crippen molar-refractivity contribution in [1.29, 1.82) is 0 Å². The number of hydrogen-bond acceptors (Lipinski definition) is 8. The molecular formula is C27H35N7O3S2. The number of carbonyl (C=O) groups is 1. The standard InChI is InChI=1S/C27H35N7O3S2/c1-33(2)26(35)24-17-20-18-29-27(32-25(20)34(24)22-9-5-6-10-22)31-21-11-13-23(14-12-21)39(36,37)30-16-8-4-3-7-15-28-19-38/h11-14,17-18,22,30H,3-10,15-16H2,1-2H3,(H,29,31,32). The average molecular weight is 570 g/mol. The van der Waals surface area contributed by atoms with E-state index in [9.17, 15) is 13.2 Å². The molecule has 2 N–H and O–H groups in total. The van der Waals surface area contributed by atoms with Gasteiger partial charge in [-0.05, 0) is 68.2 Å². The summed E-state index contributed by atoms with van der Waals surface area (Å²) < 4.78 is 30.1. The first kappa shape index (κ1) is 28.8. The third kappa shape index (κ3) is 7.27. The van der Waals surface area contributed by atoms with Crippen molar-refractivity contribution < 1.29 is 13.2 Å². The normalized spacial score (nSPS) is 13.9. The summed E-state index contributed by atoms with van der Waals surface area (Å²) >= 11 is 4.54. The highest BCUT2D eigenvalue weighted by Gasteiger charge is 2.26. The van der Waals surface area contributed by atoms with Crippen molar-refractivity contribution >= 4 is 56.0 Å². The van der Waals surface area contributed by atoms with Gasteiger partial charge in [0, 0.05) is 50.5 Å². The van der Waals surface area contributed by atoms with Crippen LogP contribution in [0.2, 0.25) is 0 Å². The van der Waals surface area contributed by atoms with Crippen molar-refractivity contribution in [2.75, 3.05) is 32.5 Å². The van der Waals surface area contributed by atoms with Crippen LogP contribution in [0.1, 0.15) is 67.9 Å². The van der Waals surface area contributed by atoms with Gasteiger partial charge in [-0.2, -0.15) is 4.98 Å². The van der Waals surface area contributed by atoms with Crippen LogP contribution in [0.5, 0.6) is 0 Å². The molecule has 1 fully saturated rings. The van der Waals surface area contributed by atoms with E-state index in [1.807, 2.05) is 6.07 Å². The first-order chi connectivity index (χ1) is 18.8. The number of benzene rings is 1.